The zero-order valence-corrected chi connectivity index (χ0v) is 13.5. The highest BCUT2D eigenvalue weighted by molar-refractivity contribution is 6.33. The third kappa shape index (κ3) is 1.80. The van der Waals surface area contributed by atoms with Gasteiger partial charge in [0.25, 0.3) is 5.56 Å². The van der Waals surface area contributed by atoms with Gasteiger partial charge in [-0.25, -0.2) is 4.98 Å². The lowest BCUT2D eigenvalue weighted by molar-refractivity contribution is 0.611. The minimum atomic E-state index is -0.0910. The van der Waals surface area contributed by atoms with E-state index in [4.69, 9.17) is 16.0 Å². The number of aryl methyl sites for hydroxylation is 2. The molecule has 0 saturated heterocycles. The largest absolute Gasteiger partial charge is 0.435 e. The maximum Gasteiger partial charge on any atom is 0.280 e. The van der Waals surface area contributed by atoms with Gasteiger partial charge in [0.05, 0.1) is 16.1 Å². The first-order chi connectivity index (χ1) is 11.7. The Morgan fingerprint density at radius 3 is 2.88 bits per heavy atom. The fourth-order valence-corrected chi connectivity index (χ4v) is 3.78. The Bertz CT molecular complexity index is 1170. The monoisotopic (exact) mass is 336 g/mol. The summed E-state index contributed by atoms with van der Waals surface area (Å²) in [4.78, 5) is 17.4. The molecule has 0 atom stereocenters. The lowest BCUT2D eigenvalue weighted by Gasteiger charge is -2.18. The van der Waals surface area contributed by atoms with Crippen molar-refractivity contribution in [2.45, 2.75) is 19.4 Å². The van der Waals surface area contributed by atoms with E-state index in [-0.39, 0.29) is 5.56 Å². The summed E-state index contributed by atoms with van der Waals surface area (Å²) in [5.74, 6) is 0.386. The van der Waals surface area contributed by atoms with Gasteiger partial charge in [0, 0.05) is 11.9 Å². The second kappa shape index (κ2) is 4.95. The second-order valence-corrected chi connectivity index (χ2v) is 6.46. The first kappa shape index (κ1) is 13.8. The number of fused-ring (bicyclic) bond motifs is 2. The molecule has 0 unspecified atom stereocenters. The molecule has 24 heavy (non-hydrogen) atoms. The molecule has 0 aliphatic carbocycles. The van der Waals surface area contributed by atoms with E-state index in [1.54, 1.807) is 6.07 Å². The molecule has 0 bridgehead atoms. The van der Waals surface area contributed by atoms with Crippen molar-refractivity contribution in [3.05, 3.63) is 63.4 Å². The summed E-state index contributed by atoms with van der Waals surface area (Å²) in [5.41, 5.74) is 3.69. The van der Waals surface area contributed by atoms with E-state index in [2.05, 4.69) is 11.1 Å². The van der Waals surface area contributed by atoms with Crippen molar-refractivity contribution in [2.24, 2.45) is 0 Å². The zero-order chi connectivity index (χ0) is 16.3. The quantitative estimate of drug-likeness (QED) is 0.517. The summed E-state index contributed by atoms with van der Waals surface area (Å²) in [6.07, 6.45) is 1.94. The molecule has 0 radical (unpaired) electrons. The Morgan fingerprint density at radius 2 is 2.00 bits per heavy atom. The van der Waals surface area contributed by atoms with Gasteiger partial charge in [0.15, 0.2) is 11.1 Å². The van der Waals surface area contributed by atoms with Crippen LogP contribution in [0.3, 0.4) is 0 Å². The number of aromatic nitrogens is 2. The van der Waals surface area contributed by atoms with Gasteiger partial charge in [-0.3, -0.25) is 4.79 Å². The maximum atomic E-state index is 12.9. The summed E-state index contributed by atoms with van der Waals surface area (Å²) < 4.78 is 7.83. The van der Waals surface area contributed by atoms with Crippen molar-refractivity contribution in [3.63, 3.8) is 0 Å². The minimum Gasteiger partial charge on any atom is -0.435 e. The van der Waals surface area contributed by atoms with Crippen LogP contribution >= 0.6 is 11.6 Å². The Morgan fingerprint density at radius 1 is 1.12 bits per heavy atom. The van der Waals surface area contributed by atoms with Gasteiger partial charge in [-0.15, -0.1) is 0 Å². The van der Waals surface area contributed by atoms with Crippen LogP contribution in [0.1, 0.15) is 12.0 Å². The number of nitrogens with zero attached hydrogens (tertiary/aromatic N) is 2. The number of para-hydroxylation sites is 1. The fraction of sp³-hybridized carbons (Fsp3) is 0.158. The smallest absolute Gasteiger partial charge is 0.280 e. The molecule has 5 rings (SSSR count). The summed E-state index contributed by atoms with van der Waals surface area (Å²) >= 11 is 6.25. The van der Waals surface area contributed by atoms with Crippen LogP contribution in [0.4, 0.5) is 0 Å². The van der Waals surface area contributed by atoms with Crippen LogP contribution in [0.5, 0.6) is 0 Å². The Hall–Kier alpha value is -2.59. The summed E-state index contributed by atoms with van der Waals surface area (Å²) in [7, 11) is 0. The Labute approximate surface area is 142 Å². The molecule has 0 amide bonds. The lowest BCUT2D eigenvalue weighted by atomic mass is 10.0. The van der Waals surface area contributed by atoms with E-state index in [0.29, 0.717) is 27.6 Å². The van der Waals surface area contributed by atoms with Gasteiger partial charge in [0.2, 0.25) is 5.89 Å². The van der Waals surface area contributed by atoms with Crippen LogP contribution in [-0.2, 0) is 13.0 Å². The SMILES string of the molecule is O=c1c2nc(-c3ccccc3Cl)oc2c2cccc3c2n1CCC3. The van der Waals surface area contributed by atoms with Gasteiger partial charge < -0.3 is 8.98 Å². The third-order valence-electron chi connectivity index (χ3n) is 4.64. The van der Waals surface area contributed by atoms with Crippen molar-refractivity contribution in [3.8, 4) is 11.5 Å². The van der Waals surface area contributed by atoms with Gasteiger partial charge in [-0.05, 0) is 36.6 Å². The molecular weight excluding hydrogens is 324 g/mol. The number of pyridine rings is 1. The van der Waals surface area contributed by atoms with Crippen molar-refractivity contribution >= 4 is 33.6 Å². The van der Waals surface area contributed by atoms with Gasteiger partial charge in [-0.2, -0.15) is 0 Å². The molecule has 1 aliphatic rings. The van der Waals surface area contributed by atoms with Gasteiger partial charge >= 0.3 is 0 Å². The summed E-state index contributed by atoms with van der Waals surface area (Å²) in [6, 6.07) is 13.4. The number of oxazole rings is 1. The van der Waals surface area contributed by atoms with Crippen LogP contribution in [0.15, 0.2) is 51.7 Å². The second-order valence-electron chi connectivity index (χ2n) is 6.05. The molecule has 0 N–H and O–H groups in total. The van der Waals surface area contributed by atoms with Crippen molar-refractivity contribution < 1.29 is 4.42 Å². The van der Waals surface area contributed by atoms with E-state index in [0.717, 1.165) is 30.3 Å². The molecular formula is C19H13ClN2O2. The molecule has 4 aromatic rings. The van der Waals surface area contributed by atoms with Crippen LogP contribution in [-0.4, -0.2) is 9.55 Å². The van der Waals surface area contributed by atoms with Crippen molar-refractivity contribution in [1.29, 1.82) is 0 Å². The highest BCUT2D eigenvalue weighted by Gasteiger charge is 2.22. The van der Waals surface area contributed by atoms with E-state index in [1.165, 1.54) is 5.56 Å². The molecule has 118 valence electrons. The molecule has 3 heterocycles. The molecule has 0 fully saturated rings. The summed E-state index contributed by atoms with van der Waals surface area (Å²) in [5, 5.41) is 1.49. The fourth-order valence-electron chi connectivity index (χ4n) is 3.56. The molecule has 2 aromatic heterocycles. The van der Waals surface area contributed by atoms with Gasteiger partial charge in [-0.1, -0.05) is 35.9 Å². The standard InChI is InChI=1S/C19H13ClN2O2/c20-14-9-2-1-7-12(14)18-21-15-17(24-18)13-8-3-5-11-6-4-10-22(16(11)13)19(15)23/h1-3,5,7-9H,4,6,10H2. The summed E-state index contributed by atoms with van der Waals surface area (Å²) in [6.45, 7) is 0.719. The van der Waals surface area contributed by atoms with Gasteiger partial charge in [0.1, 0.15) is 0 Å². The molecule has 1 aliphatic heterocycles. The normalized spacial score (nSPS) is 13.7. The Balaban J connectivity index is 1.93. The Kier molecular flexibility index (Phi) is 2.85. The average molecular weight is 337 g/mol. The number of hydrogen-bond acceptors (Lipinski definition) is 3. The number of benzene rings is 2. The van der Waals surface area contributed by atoms with Crippen LogP contribution < -0.4 is 5.56 Å². The average Bonchev–Trinajstić information content (AvgIpc) is 3.05. The van der Waals surface area contributed by atoms with Crippen molar-refractivity contribution in [1.82, 2.24) is 9.55 Å². The van der Waals surface area contributed by atoms with Crippen LogP contribution in [0.2, 0.25) is 5.02 Å². The number of rotatable bonds is 1. The van der Waals surface area contributed by atoms with E-state index in [9.17, 15) is 4.79 Å². The molecule has 0 saturated carbocycles. The number of halogens is 1. The third-order valence-corrected chi connectivity index (χ3v) is 4.97. The molecule has 2 aromatic carbocycles. The first-order valence-electron chi connectivity index (χ1n) is 7.94. The van der Waals surface area contributed by atoms with Crippen LogP contribution in [0.25, 0.3) is 33.5 Å². The van der Waals surface area contributed by atoms with E-state index >= 15 is 0 Å². The zero-order valence-electron chi connectivity index (χ0n) is 12.8. The molecule has 0 spiro atoms. The lowest BCUT2D eigenvalue weighted by Crippen LogP contribution is -2.24. The highest BCUT2D eigenvalue weighted by atomic mass is 35.5. The molecule has 4 nitrogen and oxygen atoms in total. The van der Waals surface area contributed by atoms with Crippen molar-refractivity contribution in [2.75, 3.05) is 0 Å². The molecule has 5 heteroatoms. The topological polar surface area (TPSA) is 48.0 Å². The first-order valence-corrected chi connectivity index (χ1v) is 8.31. The minimum absolute atomic E-state index is 0.0910. The van der Waals surface area contributed by atoms with E-state index < -0.39 is 0 Å². The van der Waals surface area contributed by atoms with Crippen LogP contribution in [0, 0.1) is 0 Å². The maximum absolute atomic E-state index is 12.9. The van der Waals surface area contributed by atoms with E-state index in [1.807, 2.05) is 34.9 Å². The highest BCUT2D eigenvalue weighted by Crippen LogP contribution is 2.33. The predicted molar refractivity (Wildman–Crippen MR) is 94.5 cm³/mol. The predicted octanol–water partition coefficient (Wildman–Crippen LogP) is 4.41. The number of hydrogen-bond donors (Lipinski definition) is 0.